The van der Waals surface area contributed by atoms with Crippen molar-refractivity contribution in [2.24, 2.45) is 0 Å². The van der Waals surface area contributed by atoms with Crippen molar-refractivity contribution in [1.29, 1.82) is 0 Å². The van der Waals surface area contributed by atoms with E-state index >= 15 is 0 Å². The molecule has 0 saturated carbocycles. The van der Waals surface area contributed by atoms with Gasteiger partial charge in [-0.15, -0.1) is 0 Å². The molecule has 6 rings (SSSR count). The zero-order valence-corrected chi connectivity index (χ0v) is 22.0. The molecule has 2 fully saturated rings. The van der Waals surface area contributed by atoms with E-state index in [0.717, 1.165) is 0 Å². The zero-order chi connectivity index (χ0) is 27.3. The first kappa shape index (κ1) is 26.4. The molecule has 18 heteroatoms. The van der Waals surface area contributed by atoms with Gasteiger partial charge in [0.05, 0.1) is 37.1 Å². The van der Waals surface area contributed by atoms with Gasteiger partial charge in [0.15, 0.2) is 11.5 Å². The Morgan fingerprint density at radius 2 is 1.72 bits per heavy atom. The van der Waals surface area contributed by atoms with E-state index in [2.05, 4.69) is 24.9 Å². The molecular weight excluding hydrogens is 553 g/mol. The maximum atomic E-state index is 10.8. The quantitative estimate of drug-likeness (QED) is 0.173. The van der Waals surface area contributed by atoms with Crippen LogP contribution in [-0.4, -0.2) is 86.8 Å². The van der Waals surface area contributed by atoms with Crippen molar-refractivity contribution in [3.8, 4) is 0 Å². The van der Waals surface area contributed by atoms with Gasteiger partial charge in [0.2, 0.25) is 0 Å². The summed E-state index contributed by atoms with van der Waals surface area (Å²) in [5.74, 6) is 0.566. The minimum absolute atomic E-state index is 0.224. The molecule has 0 spiro atoms. The van der Waals surface area contributed by atoms with E-state index < -0.39 is 43.6 Å². The van der Waals surface area contributed by atoms with E-state index in [0.29, 0.717) is 28.0 Å². The minimum atomic E-state index is -3.82. The number of fused-ring (bicyclic) bond motifs is 2. The fourth-order valence-corrected chi connectivity index (χ4v) is 6.33. The maximum Gasteiger partial charge on any atom is 0.324 e. The molecule has 208 valence electrons. The molecule has 6 heterocycles. The second-order valence-corrected chi connectivity index (χ2v) is 12.0. The van der Waals surface area contributed by atoms with Crippen LogP contribution in [0.15, 0.2) is 31.2 Å². The zero-order valence-electron chi connectivity index (χ0n) is 20.3. The maximum absolute atomic E-state index is 10.8. The molecule has 7 N–H and O–H groups in total. The summed E-state index contributed by atoms with van der Waals surface area (Å²) >= 11 is 5.23. The van der Waals surface area contributed by atoms with Gasteiger partial charge in [0.1, 0.15) is 54.3 Å². The molecular formula is C21H26N9O7PS. The van der Waals surface area contributed by atoms with E-state index in [1.165, 1.54) is 19.0 Å². The summed E-state index contributed by atoms with van der Waals surface area (Å²) in [6.45, 7) is -4.41. The summed E-state index contributed by atoms with van der Waals surface area (Å²) in [6.07, 6.45) is 2.00. The second kappa shape index (κ2) is 10.3. The third kappa shape index (κ3) is 4.97. The third-order valence-electron chi connectivity index (χ3n) is 6.78. The molecule has 0 aromatic carbocycles. The first-order chi connectivity index (χ1) is 18.7. The highest BCUT2D eigenvalue weighted by molar-refractivity contribution is 8.07. The van der Waals surface area contributed by atoms with Gasteiger partial charge in [0.25, 0.3) is 0 Å². The highest BCUT2D eigenvalue weighted by atomic mass is 32.5. The molecule has 0 radical (unpaired) electrons. The Bertz CT molecular complexity index is 1550. The van der Waals surface area contributed by atoms with Crippen molar-refractivity contribution in [2.75, 3.05) is 24.7 Å². The number of nitrogens with two attached hydrogens (primary N) is 2. The summed E-state index contributed by atoms with van der Waals surface area (Å²) in [7, 11) is 0. The first-order valence-electron chi connectivity index (χ1n) is 12.0. The van der Waals surface area contributed by atoms with Gasteiger partial charge >= 0.3 is 6.72 Å². The molecule has 2 aliphatic heterocycles. The number of ether oxygens (including phenoxy) is 2. The predicted octanol–water partition coefficient (Wildman–Crippen LogP) is -0.0176. The van der Waals surface area contributed by atoms with E-state index in [1.54, 1.807) is 21.4 Å². The number of nitrogen functional groups attached to an aromatic ring is 2. The lowest BCUT2D eigenvalue weighted by molar-refractivity contribution is -0.0506. The Labute approximate surface area is 225 Å². The number of rotatable bonds is 8. The minimum Gasteiger partial charge on any atom is -0.394 e. The molecule has 2 saturated heterocycles. The van der Waals surface area contributed by atoms with Crippen molar-refractivity contribution in [3.63, 3.8) is 0 Å². The third-order valence-corrected chi connectivity index (χ3v) is 8.37. The van der Waals surface area contributed by atoms with Crippen LogP contribution in [0.2, 0.25) is 0 Å². The van der Waals surface area contributed by atoms with Crippen LogP contribution < -0.4 is 11.5 Å². The largest absolute Gasteiger partial charge is 0.394 e. The number of hydrogen-bond donors (Lipinski definition) is 5. The van der Waals surface area contributed by atoms with Gasteiger partial charge in [-0.25, -0.2) is 24.9 Å². The summed E-state index contributed by atoms with van der Waals surface area (Å²) in [4.78, 5) is 31.4. The number of anilines is 2. The number of hydrogen-bond acceptors (Lipinski definition) is 14. The number of nitrogens with zero attached hydrogens (tertiary/aromatic N) is 7. The van der Waals surface area contributed by atoms with E-state index in [1.807, 2.05) is 0 Å². The molecule has 0 bridgehead atoms. The normalized spacial score (nSPS) is 28.9. The van der Waals surface area contributed by atoms with Gasteiger partial charge in [-0.3, -0.25) is 4.57 Å². The fraction of sp³-hybridized carbons (Fsp3) is 0.476. The summed E-state index contributed by atoms with van der Waals surface area (Å²) in [6, 6.07) is 1.77. The lowest BCUT2D eigenvalue weighted by Crippen LogP contribution is -2.29. The highest BCUT2D eigenvalue weighted by Crippen LogP contribution is 2.49. The van der Waals surface area contributed by atoms with Crippen LogP contribution in [0.1, 0.15) is 25.3 Å². The standard InChI is InChI=1S/C21H26N9O7PS/c22-18-10-1-2-29(20(10)26-7-24-18)16-4-12(13(5-31)35-16)37-38(33,39)34-6-14-11(32)3-15(36-14)30-9-28-17-19(23)25-8-27-21(17)30/h1-2,7-9,11-16,31-32H,3-6H2,(H,33,39)(H2,22,24,26)(H2,23,25,27)/t11?,12?,13-,14-,15-,16-,38?/m1/s1. The van der Waals surface area contributed by atoms with Gasteiger partial charge in [-0.05, 0) is 17.9 Å². The average Bonchev–Trinajstić information content (AvgIpc) is 3.68. The number of aliphatic hydroxyl groups is 2. The lowest BCUT2D eigenvalue weighted by atomic mass is 10.2. The van der Waals surface area contributed by atoms with Gasteiger partial charge in [-0.2, -0.15) is 0 Å². The molecule has 3 unspecified atom stereocenters. The lowest BCUT2D eigenvalue weighted by Gasteiger charge is -2.24. The molecule has 0 amide bonds. The predicted molar refractivity (Wildman–Crippen MR) is 139 cm³/mol. The molecule has 16 nitrogen and oxygen atoms in total. The first-order valence-corrected chi connectivity index (χ1v) is 14.6. The van der Waals surface area contributed by atoms with Gasteiger partial charge in [0, 0.05) is 19.0 Å². The average molecular weight is 580 g/mol. The van der Waals surface area contributed by atoms with Crippen LogP contribution in [0.3, 0.4) is 0 Å². The Morgan fingerprint density at radius 3 is 2.51 bits per heavy atom. The van der Waals surface area contributed by atoms with E-state index in [9.17, 15) is 15.1 Å². The Hall–Kier alpha value is -2.86. The highest BCUT2D eigenvalue weighted by Gasteiger charge is 2.42. The smallest absolute Gasteiger partial charge is 0.324 e. The van der Waals surface area contributed by atoms with Crippen molar-refractivity contribution in [3.05, 3.63) is 31.2 Å². The Morgan fingerprint density at radius 1 is 1.00 bits per heavy atom. The molecule has 0 aliphatic carbocycles. The number of imidazole rings is 1. The van der Waals surface area contributed by atoms with Crippen LogP contribution in [0.4, 0.5) is 11.6 Å². The fourth-order valence-electron chi connectivity index (χ4n) is 4.85. The second-order valence-electron chi connectivity index (χ2n) is 9.19. The van der Waals surface area contributed by atoms with Crippen molar-refractivity contribution in [1.82, 2.24) is 34.1 Å². The summed E-state index contributed by atoms with van der Waals surface area (Å²) in [5.41, 5.74) is 13.2. The summed E-state index contributed by atoms with van der Waals surface area (Å²) < 4.78 is 26.6. The van der Waals surface area contributed by atoms with E-state index in [-0.39, 0.29) is 31.9 Å². The SMILES string of the molecule is Nc1ncnc2c1ccn2[C@H]1CC(OP(O)(=S)OC[C@H]2O[C@@H](n3cnc4c(N)ncnc43)CC2O)[C@@H](CO)O1. The van der Waals surface area contributed by atoms with Gasteiger partial charge in [-0.1, -0.05) is 0 Å². The van der Waals surface area contributed by atoms with Gasteiger partial charge < -0.3 is 49.7 Å². The Balaban J connectivity index is 1.09. The number of aliphatic hydroxyl groups excluding tert-OH is 2. The van der Waals surface area contributed by atoms with Crippen LogP contribution in [0.25, 0.3) is 22.2 Å². The molecule has 4 aromatic rings. The molecule has 4 aromatic heterocycles. The van der Waals surface area contributed by atoms with Crippen LogP contribution in [0, 0.1) is 0 Å². The number of aromatic nitrogens is 7. The monoisotopic (exact) mass is 579 g/mol. The van der Waals surface area contributed by atoms with Crippen molar-refractivity contribution < 1.29 is 33.6 Å². The summed E-state index contributed by atoms with van der Waals surface area (Å²) in [5, 5.41) is 21.1. The Kier molecular flexibility index (Phi) is 6.95. The topological polar surface area (TPSA) is 224 Å². The van der Waals surface area contributed by atoms with Crippen LogP contribution in [-0.2, 0) is 30.3 Å². The van der Waals surface area contributed by atoms with Crippen molar-refractivity contribution >= 4 is 52.4 Å². The molecule has 39 heavy (non-hydrogen) atoms. The molecule has 2 aliphatic rings. The molecule has 7 atom stereocenters. The van der Waals surface area contributed by atoms with Crippen LogP contribution in [0.5, 0.6) is 0 Å². The van der Waals surface area contributed by atoms with Crippen LogP contribution >= 0.6 is 6.72 Å². The van der Waals surface area contributed by atoms with E-state index in [4.69, 9.17) is 41.8 Å². The van der Waals surface area contributed by atoms with Crippen molar-refractivity contribution in [2.45, 2.75) is 49.7 Å².